The minimum absolute atomic E-state index is 0.228. The Morgan fingerprint density at radius 1 is 1.33 bits per heavy atom. The Morgan fingerprint density at radius 2 is 2.04 bits per heavy atom. The van der Waals surface area contributed by atoms with Crippen LogP contribution in [0.1, 0.15) is 43.7 Å². The standard InChI is InChI=1S/C18H23FO5/c1-4-18(23-8-9-24-18)13-6-7-14(19)15(16(13)21-3)11-10-12(11)17(20)22-5-2/h6-7,11-12H,4-5,8-10H2,1-3H3. The zero-order valence-corrected chi connectivity index (χ0v) is 14.3. The monoisotopic (exact) mass is 338 g/mol. The van der Waals surface area contributed by atoms with Gasteiger partial charge < -0.3 is 18.9 Å². The summed E-state index contributed by atoms with van der Waals surface area (Å²) in [7, 11) is 1.50. The van der Waals surface area contributed by atoms with Gasteiger partial charge in [0.25, 0.3) is 0 Å². The number of carbonyl (C=O) groups is 1. The molecular weight excluding hydrogens is 315 g/mol. The van der Waals surface area contributed by atoms with Crippen molar-refractivity contribution in [1.82, 2.24) is 0 Å². The fourth-order valence-corrected chi connectivity index (χ4v) is 3.47. The second-order valence-corrected chi connectivity index (χ2v) is 6.05. The van der Waals surface area contributed by atoms with Gasteiger partial charge >= 0.3 is 5.97 Å². The summed E-state index contributed by atoms with van der Waals surface area (Å²) < 4.78 is 36.7. The van der Waals surface area contributed by atoms with Crippen LogP contribution in [0.3, 0.4) is 0 Å². The molecule has 1 aliphatic heterocycles. The van der Waals surface area contributed by atoms with Crippen LogP contribution in [0, 0.1) is 11.7 Å². The molecule has 24 heavy (non-hydrogen) atoms. The fourth-order valence-electron chi connectivity index (χ4n) is 3.47. The molecule has 0 radical (unpaired) electrons. The number of methoxy groups -OCH3 is 1. The lowest BCUT2D eigenvalue weighted by atomic mass is 9.96. The molecule has 1 saturated heterocycles. The van der Waals surface area contributed by atoms with Gasteiger partial charge in [-0.25, -0.2) is 4.39 Å². The van der Waals surface area contributed by atoms with E-state index in [2.05, 4.69) is 0 Å². The number of halogens is 1. The molecule has 2 fully saturated rings. The summed E-state index contributed by atoms with van der Waals surface area (Å²) in [6.45, 7) is 5.00. The van der Waals surface area contributed by atoms with Crippen LogP contribution in [0.5, 0.6) is 5.75 Å². The summed E-state index contributed by atoms with van der Waals surface area (Å²) in [4.78, 5) is 11.9. The molecule has 0 amide bonds. The lowest BCUT2D eigenvalue weighted by molar-refractivity contribution is -0.168. The Hall–Kier alpha value is -1.66. The van der Waals surface area contributed by atoms with Crippen molar-refractivity contribution in [3.63, 3.8) is 0 Å². The van der Waals surface area contributed by atoms with Crippen LogP contribution in [0.4, 0.5) is 4.39 Å². The normalized spacial score (nSPS) is 24.7. The van der Waals surface area contributed by atoms with Crippen LogP contribution < -0.4 is 4.74 Å². The second-order valence-electron chi connectivity index (χ2n) is 6.05. The van der Waals surface area contributed by atoms with Crippen molar-refractivity contribution in [3.8, 4) is 5.75 Å². The third kappa shape index (κ3) is 2.78. The van der Waals surface area contributed by atoms with Crippen LogP contribution in [0.15, 0.2) is 12.1 Å². The quantitative estimate of drug-likeness (QED) is 0.746. The molecule has 132 valence electrons. The first-order valence-electron chi connectivity index (χ1n) is 8.39. The number of carbonyl (C=O) groups excluding carboxylic acids is 1. The van der Waals surface area contributed by atoms with Gasteiger partial charge in [-0.05, 0) is 25.5 Å². The first kappa shape index (κ1) is 17.2. The Bertz CT molecular complexity index is 624. The molecule has 0 aromatic heterocycles. The predicted octanol–water partition coefficient (Wildman–Crippen LogP) is 3.11. The lowest BCUT2D eigenvalue weighted by Crippen LogP contribution is -2.27. The Morgan fingerprint density at radius 3 is 2.62 bits per heavy atom. The van der Waals surface area contributed by atoms with E-state index in [1.165, 1.54) is 13.2 Å². The largest absolute Gasteiger partial charge is 0.496 e. The summed E-state index contributed by atoms with van der Waals surface area (Å²) in [6.07, 6.45) is 1.15. The molecule has 2 atom stereocenters. The van der Waals surface area contributed by atoms with Crippen molar-refractivity contribution in [3.05, 3.63) is 29.1 Å². The van der Waals surface area contributed by atoms with Gasteiger partial charge in [0.1, 0.15) is 11.6 Å². The van der Waals surface area contributed by atoms with Gasteiger partial charge in [0.15, 0.2) is 5.79 Å². The smallest absolute Gasteiger partial charge is 0.309 e. The van der Waals surface area contributed by atoms with Gasteiger partial charge in [-0.1, -0.05) is 6.92 Å². The molecule has 0 bridgehead atoms. The Balaban J connectivity index is 1.98. The molecule has 1 aromatic carbocycles. The van der Waals surface area contributed by atoms with E-state index in [4.69, 9.17) is 18.9 Å². The van der Waals surface area contributed by atoms with E-state index < -0.39 is 5.79 Å². The van der Waals surface area contributed by atoms with Crippen molar-refractivity contribution < 1.29 is 28.1 Å². The topological polar surface area (TPSA) is 54.0 Å². The summed E-state index contributed by atoms with van der Waals surface area (Å²) in [6, 6.07) is 3.05. The number of hydrogen-bond acceptors (Lipinski definition) is 5. The van der Waals surface area contributed by atoms with Crippen molar-refractivity contribution in [2.24, 2.45) is 5.92 Å². The summed E-state index contributed by atoms with van der Waals surface area (Å²) >= 11 is 0. The molecule has 3 rings (SSSR count). The molecule has 1 saturated carbocycles. The SMILES string of the molecule is CCOC(=O)C1CC1c1c(F)ccc(C2(CC)OCCO2)c1OC. The summed E-state index contributed by atoms with van der Waals surface area (Å²) in [5.74, 6) is -1.71. The molecule has 1 aromatic rings. The molecule has 0 spiro atoms. The summed E-state index contributed by atoms with van der Waals surface area (Å²) in [5.41, 5.74) is 1.09. The zero-order valence-electron chi connectivity index (χ0n) is 14.3. The van der Waals surface area contributed by atoms with E-state index in [1.54, 1.807) is 13.0 Å². The van der Waals surface area contributed by atoms with Crippen molar-refractivity contribution in [2.45, 2.75) is 38.4 Å². The molecule has 2 unspecified atom stereocenters. The predicted molar refractivity (Wildman–Crippen MR) is 84.3 cm³/mol. The summed E-state index contributed by atoms with van der Waals surface area (Å²) in [5, 5.41) is 0. The van der Waals surface area contributed by atoms with E-state index in [-0.39, 0.29) is 23.6 Å². The number of hydrogen-bond donors (Lipinski definition) is 0. The minimum Gasteiger partial charge on any atom is -0.496 e. The van der Waals surface area contributed by atoms with Crippen LogP contribution in [-0.2, 0) is 24.8 Å². The highest BCUT2D eigenvalue weighted by molar-refractivity contribution is 5.78. The lowest BCUT2D eigenvalue weighted by Gasteiger charge is -2.29. The molecule has 6 heteroatoms. The third-order valence-corrected chi connectivity index (χ3v) is 4.73. The molecule has 1 heterocycles. The minimum atomic E-state index is -0.915. The van der Waals surface area contributed by atoms with Crippen molar-refractivity contribution in [1.29, 1.82) is 0 Å². The first-order valence-corrected chi connectivity index (χ1v) is 8.39. The third-order valence-electron chi connectivity index (χ3n) is 4.73. The van der Waals surface area contributed by atoms with Crippen molar-refractivity contribution >= 4 is 5.97 Å². The Kier molecular flexibility index (Phi) is 4.78. The number of ether oxygens (including phenoxy) is 4. The van der Waals surface area contributed by atoms with Crippen LogP contribution >= 0.6 is 0 Å². The molecule has 1 aliphatic carbocycles. The van der Waals surface area contributed by atoms with Gasteiger partial charge in [0, 0.05) is 17.9 Å². The van der Waals surface area contributed by atoms with Gasteiger partial charge in [-0.3, -0.25) is 4.79 Å². The van der Waals surface area contributed by atoms with Crippen LogP contribution in [0.2, 0.25) is 0 Å². The van der Waals surface area contributed by atoms with E-state index in [0.717, 1.165) is 0 Å². The molecular formula is C18H23FO5. The highest BCUT2D eigenvalue weighted by Crippen LogP contribution is 2.54. The van der Waals surface area contributed by atoms with Gasteiger partial charge in [0.2, 0.25) is 0 Å². The van der Waals surface area contributed by atoms with Gasteiger partial charge in [-0.2, -0.15) is 0 Å². The van der Waals surface area contributed by atoms with E-state index >= 15 is 0 Å². The van der Waals surface area contributed by atoms with Crippen LogP contribution in [0.25, 0.3) is 0 Å². The Labute approximate surface area is 141 Å². The number of rotatable bonds is 6. The maximum absolute atomic E-state index is 14.5. The zero-order chi connectivity index (χ0) is 17.3. The maximum Gasteiger partial charge on any atom is 0.309 e. The highest BCUT2D eigenvalue weighted by atomic mass is 19.1. The van der Waals surface area contributed by atoms with E-state index in [9.17, 15) is 9.18 Å². The van der Waals surface area contributed by atoms with E-state index in [1.807, 2.05) is 6.92 Å². The molecule has 5 nitrogen and oxygen atoms in total. The van der Waals surface area contributed by atoms with Gasteiger partial charge in [-0.15, -0.1) is 0 Å². The number of benzene rings is 1. The number of esters is 1. The first-order chi connectivity index (χ1) is 11.6. The maximum atomic E-state index is 14.5. The second kappa shape index (κ2) is 6.69. The van der Waals surface area contributed by atoms with Crippen molar-refractivity contribution in [2.75, 3.05) is 26.9 Å². The molecule has 0 N–H and O–H groups in total. The van der Waals surface area contributed by atoms with E-state index in [0.29, 0.717) is 49.5 Å². The van der Waals surface area contributed by atoms with Crippen LogP contribution in [-0.4, -0.2) is 32.9 Å². The van der Waals surface area contributed by atoms with Gasteiger partial charge in [0.05, 0.1) is 38.4 Å². The average Bonchev–Trinajstić information content (AvgIpc) is 3.22. The fraction of sp³-hybridized carbons (Fsp3) is 0.611. The highest BCUT2D eigenvalue weighted by Gasteiger charge is 2.50. The molecule has 2 aliphatic rings. The average molecular weight is 338 g/mol.